The van der Waals surface area contributed by atoms with Gasteiger partial charge in [0.1, 0.15) is 5.75 Å². The molecule has 0 saturated heterocycles. The van der Waals surface area contributed by atoms with Gasteiger partial charge in [0.15, 0.2) is 0 Å². The number of nitrogens with zero attached hydrogens (tertiary/aromatic N) is 2. The van der Waals surface area contributed by atoms with Crippen molar-refractivity contribution in [3.05, 3.63) is 58.9 Å². The van der Waals surface area contributed by atoms with Gasteiger partial charge in [-0.2, -0.15) is 0 Å². The van der Waals surface area contributed by atoms with Crippen molar-refractivity contribution in [2.75, 3.05) is 7.11 Å². The predicted molar refractivity (Wildman–Crippen MR) is 89.5 cm³/mol. The summed E-state index contributed by atoms with van der Waals surface area (Å²) in [5, 5.41) is 0.565. The van der Waals surface area contributed by atoms with Gasteiger partial charge in [-0.15, -0.1) is 0 Å². The summed E-state index contributed by atoms with van der Waals surface area (Å²) in [4.78, 5) is 18.8. The number of methoxy groups -OCH3 is 1. The number of ether oxygens (including phenoxy) is 1. The third-order valence-corrected chi connectivity index (χ3v) is 4.34. The normalized spacial score (nSPS) is 13.7. The van der Waals surface area contributed by atoms with E-state index in [2.05, 4.69) is 4.98 Å². The van der Waals surface area contributed by atoms with E-state index < -0.39 is 0 Å². The molecule has 2 aromatic rings. The van der Waals surface area contributed by atoms with Crippen LogP contribution in [0.4, 0.5) is 0 Å². The molecule has 0 aliphatic heterocycles. The number of carbonyl (C=O) groups is 1. The van der Waals surface area contributed by atoms with Crippen molar-refractivity contribution in [2.24, 2.45) is 0 Å². The van der Waals surface area contributed by atoms with Crippen LogP contribution >= 0.6 is 11.6 Å². The summed E-state index contributed by atoms with van der Waals surface area (Å²) in [6.07, 6.45) is 6.00. The van der Waals surface area contributed by atoms with E-state index in [1.807, 2.05) is 35.4 Å². The maximum absolute atomic E-state index is 12.7. The molecule has 1 fully saturated rings. The Morgan fingerprint density at radius 2 is 2.22 bits per heavy atom. The Morgan fingerprint density at radius 1 is 1.39 bits per heavy atom. The molecular formula is C18H19ClN2O2. The minimum atomic E-state index is 0.100. The number of benzene rings is 1. The number of rotatable bonds is 6. The zero-order valence-electron chi connectivity index (χ0n) is 13.0. The van der Waals surface area contributed by atoms with E-state index >= 15 is 0 Å². The highest BCUT2D eigenvalue weighted by atomic mass is 35.5. The molecule has 1 heterocycles. The van der Waals surface area contributed by atoms with E-state index in [0.717, 1.165) is 24.0 Å². The lowest BCUT2D eigenvalue weighted by Gasteiger charge is -2.23. The molecule has 1 saturated carbocycles. The highest BCUT2D eigenvalue weighted by molar-refractivity contribution is 6.31. The van der Waals surface area contributed by atoms with Crippen LogP contribution in [-0.2, 0) is 17.8 Å². The van der Waals surface area contributed by atoms with Crippen LogP contribution in [0.25, 0.3) is 0 Å². The van der Waals surface area contributed by atoms with Gasteiger partial charge in [0, 0.05) is 30.0 Å². The Morgan fingerprint density at radius 3 is 2.83 bits per heavy atom. The molecule has 0 N–H and O–H groups in total. The SMILES string of the molecule is COc1ccc(CC(=O)N(Cc2cccnc2)C2CC2)c(Cl)c1. The molecule has 1 aliphatic carbocycles. The van der Waals surface area contributed by atoms with Gasteiger partial charge < -0.3 is 9.64 Å². The molecule has 1 amide bonds. The Kier molecular flexibility index (Phi) is 4.82. The molecule has 1 aromatic carbocycles. The Bertz CT molecular complexity index is 687. The van der Waals surface area contributed by atoms with E-state index in [1.54, 1.807) is 19.4 Å². The molecule has 1 aromatic heterocycles. The van der Waals surface area contributed by atoms with Gasteiger partial charge in [-0.25, -0.2) is 0 Å². The lowest BCUT2D eigenvalue weighted by Crippen LogP contribution is -2.33. The summed E-state index contributed by atoms with van der Waals surface area (Å²) in [5.41, 5.74) is 1.88. The molecule has 0 radical (unpaired) electrons. The number of amides is 1. The monoisotopic (exact) mass is 330 g/mol. The van der Waals surface area contributed by atoms with Crippen LogP contribution in [0.3, 0.4) is 0 Å². The van der Waals surface area contributed by atoms with E-state index in [1.165, 1.54) is 0 Å². The Hall–Kier alpha value is -2.07. The van der Waals surface area contributed by atoms with Crippen LogP contribution in [0.5, 0.6) is 5.75 Å². The van der Waals surface area contributed by atoms with Crippen LogP contribution in [0, 0.1) is 0 Å². The first-order valence-electron chi connectivity index (χ1n) is 7.68. The number of hydrogen-bond acceptors (Lipinski definition) is 3. The lowest BCUT2D eigenvalue weighted by molar-refractivity contribution is -0.131. The quantitative estimate of drug-likeness (QED) is 0.814. The summed E-state index contributed by atoms with van der Waals surface area (Å²) in [7, 11) is 1.60. The molecule has 0 atom stereocenters. The van der Waals surface area contributed by atoms with E-state index in [0.29, 0.717) is 29.8 Å². The molecule has 0 spiro atoms. The summed E-state index contributed by atoms with van der Waals surface area (Å²) in [6.45, 7) is 0.602. The smallest absolute Gasteiger partial charge is 0.227 e. The van der Waals surface area contributed by atoms with Crippen LogP contribution in [-0.4, -0.2) is 28.9 Å². The fourth-order valence-electron chi connectivity index (χ4n) is 2.56. The average molecular weight is 331 g/mol. The highest BCUT2D eigenvalue weighted by Gasteiger charge is 2.32. The number of halogens is 1. The van der Waals surface area contributed by atoms with Gasteiger partial charge in [0.05, 0.1) is 13.5 Å². The van der Waals surface area contributed by atoms with Crippen molar-refractivity contribution in [1.29, 1.82) is 0 Å². The topological polar surface area (TPSA) is 42.4 Å². The van der Waals surface area contributed by atoms with Gasteiger partial charge in [0.2, 0.25) is 5.91 Å². The second-order valence-electron chi connectivity index (χ2n) is 5.75. The molecule has 1 aliphatic rings. The fraction of sp³-hybridized carbons (Fsp3) is 0.333. The zero-order valence-corrected chi connectivity index (χ0v) is 13.8. The number of hydrogen-bond donors (Lipinski definition) is 0. The number of aromatic nitrogens is 1. The molecule has 4 nitrogen and oxygen atoms in total. The first kappa shape index (κ1) is 15.8. The first-order chi connectivity index (χ1) is 11.2. The molecule has 23 heavy (non-hydrogen) atoms. The van der Waals surface area contributed by atoms with Crippen LogP contribution < -0.4 is 4.74 Å². The molecule has 0 bridgehead atoms. The molecule has 3 rings (SSSR count). The third-order valence-electron chi connectivity index (χ3n) is 3.99. The predicted octanol–water partition coefficient (Wildman–Crippen LogP) is 3.48. The minimum Gasteiger partial charge on any atom is -0.497 e. The van der Waals surface area contributed by atoms with Gasteiger partial charge >= 0.3 is 0 Å². The van der Waals surface area contributed by atoms with Crippen molar-refractivity contribution in [3.63, 3.8) is 0 Å². The first-order valence-corrected chi connectivity index (χ1v) is 8.06. The largest absolute Gasteiger partial charge is 0.497 e. The van der Waals surface area contributed by atoms with Gasteiger partial charge in [0.25, 0.3) is 0 Å². The van der Waals surface area contributed by atoms with Crippen LogP contribution in [0.2, 0.25) is 5.02 Å². The summed E-state index contributed by atoms with van der Waals surface area (Å²) < 4.78 is 5.14. The second kappa shape index (κ2) is 7.01. The number of pyridine rings is 1. The molecule has 120 valence electrons. The maximum atomic E-state index is 12.7. The second-order valence-corrected chi connectivity index (χ2v) is 6.16. The van der Waals surface area contributed by atoms with E-state index in [9.17, 15) is 4.79 Å². The van der Waals surface area contributed by atoms with Crippen LogP contribution in [0.1, 0.15) is 24.0 Å². The lowest BCUT2D eigenvalue weighted by atomic mass is 10.1. The zero-order chi connectivity index (χ0) is 16.2. The van der Waals surface area contributed by atoms with E-state index in [4.69, 9.17) is 16.3 Å². The Balaban J connectivity index is 1.72. The fourth-order valence-corrected chi connectivity index (χ4v) is 2.80. The summed E-state index contributed by atoms with van der Waals surface area (Å²) >= 11 is 6.25. The molecule has 5 heteroatoms. The highest BCUT2D eigenvalue weighted by Crippen LogP contribution is 2.30. The van der Waals surface area contributed by atoms with Crippen molar-refractivity contribution in [2.45, 2.75) is 31.8 Å². The van der Waals surface area contributed by atoms with Gasteiger partial charge in [-0.3, -0.25) is 9.78 Å². The van der Waals surface area contributed by atoms with Crippen molar-refractivity contribution >= 4 is 17.5 Å². The van der Waals surface area contributed by atoms with Crippen molar-refractivity contribution in [3.8, 4) is 5.75 Å². The average Bonchev–Trinajstić information content (AvgIpc) is 3.40. The minimum absolute atomic E-state index is 0.100. The van der Waals surface area contributed by atoms with Crippen molar-refractivity contribution < 1.29 is 9.53 Å². The third kappa shape index (κ3) is 4.02. The van der Waals surface area contributed by atoms with Gasteiger partial charge in [-0.05, 0) is 42.2 Å². The standard InChI is InChI=1S/C18H19ClN2O2/c1-23-16-7-4-14(17(19)10-16)9-18(22)21(15-5-6-15)12-13-3-2-8-20-11-13/h2-4,7-8,10-11,15H,5-6,9,12H2,1H3. The summed E-state index contributed by atoms with van der Waals surface area (Å²) in [6, 6.07) is 9.67. The van der Waals surface area contributed by atoms with Gasteiger partial charge in [-0.1, -0.05) is 23.7 Å². The molecular weight excluding hydrogens is 312 g/mol. The Labute approximate surface area is 141 Å². The van der Waals surface area contributed by atoms with E-state index in [-0.39, 0.29) is 5.91 Å². The number of carbonyl (C=O) groups excluding carboxylic acids is 1. The maximum Gasteiger partial charge on any atom is 0.227 e. The van der Waals surface area contributed by atoms with Crippen LogP contribution in [0.15, 0.2) is 42.7 Å². The summed E-state index contributed by atoms with van der Waals surface area (Å²) in [5.74, 6) is 0.795. The molecule has 0 unspecified atom stereocenters. The van der Waals surface area contributed by atoms with Crippen molar-refractivity contribution in [1.82, 2.24) is 9.88 Å².